The fourth-order valence-electron chi connectivity index (χ4n) is 7.72. The first kappa shape index (κ1) is 32.2. The van der Waals surface area contributed by atoms with Crippen LogP contribution in [0.4, 0.5) is 17.1 Å². The summed E-state index contributed by atoms with van der Waals surface area (Å²) in [7, 11) is 0. The van der Waals surface area contributed by atoms with Crippen LogP contribution in [0, 0.1) is 0 Å². The zero-order valence-electron chi connectivity index (χ0n) is 29.9. The van der Waals surface area contributed by atoms with Crippen LogP contribution in [0.25, 0.3) is 77.6 Å². The fourth-order valence-corrected chi connectivity index (χ4v) is 7.72. The molecule has 0 aliphatic heterocycles. The van der Waals surface area contributed by atoms with E-state index in [2.05, 4.69) is 199 Å². The van der Waals surface area contributed by atoms with Crippen LogP contribution in [0.3, 0.4) is 0 Å². The Morgan fingerprint density at radius 2 is 0.855 bits per heavy atom. The predicted octanol–water partition coefficient (Wildman–Crippen LogP) is 13.5. The second-order valence-corrected chi connectivity index (χ2v) is 13.6. The molecule has 0 aliphatic rings. The molecule has 0 saturated carbocycles. The number of pyridine rings is 1. The maximum absolute atomic E-state index is 5.70. The van der Waals surface area contributed by atoms with Crippen molar-refractivity contribution in [2.24, 2.45) is 0 Å². The van der Waals surface area contributed by atoms with E-state index in [1.807, 2.05) is 12.1 Å². The summed E-state index contributed by atoms with van der Waals surface area (Å²) in [5.41, 5.74) is 10.7. The quantitative estimate of drug-likeness (QED) is 0.155. The lowest BCUT2D eigenvalue weighted by Crippen LogP contribution is -2.11. The van der Waals surface area contributed by atoms with Gasteiger partial charge in [-0.05, 0) is 53.2 Å². The van der Waals surface area contributed by atoms with E-state index in [0.717, 1.165) is 88.8 Å². The molecule has 0 N–H and O–H groups in total. The van der Waals surface area contributed by atoms with E-state index in [0.29, 0.717) is 5.82 Å². The van der Waals surface area contributed by atoms with Gasteiger partial charge in [0.25, 0.3) is 0 Å². The molecule has 2 heterocycles. The summed E-state index contributed by atoms with van der Waals surface area (Å²) in [6.07, 6.45) is 0. The topological polar surface area (TPSA) is 41.9 Å². The van der Waals surface area contributed by atoms with Crippen LogP contribution in [0.15, 0.2) is 206 Å². The summed E-state index contributed by atoms with van der Waals surface area (Å²) in [4.78, 5) is 18.7. The Kier molecular flexibility index (Phi) is 8.12. The Morgan fingerprint density at radius 1 is 0.364 bits per heavy atom. The fraction of sp³-hybridized carbons (Fsp3) is 0. The Bertz CT molecular complexity index is 2850. The predicted molar refractivity (Wildman–Crippen MR) is 229 cm³/mol. The molecule has 0 fully saturated rings. The smallest absolute Gasteiger partial charge is 0.161 e. The van der Waals surface area contributed by atoms with E-state index >= 15 is 0 Å². The van der Waals surface area contributed by atoms with Gasteiger partial charge in [0, 0.05) is 49.8 Å². The van der Waals surface area contributed by atoms with Crippen LogP contribution in [0.2, 0.25) is 0 Å². The van der Waals surface area contributed by atoms with E-state index in [1.54, 1.807) is 0 Å². The number of fused-ring (bicyclic) bond motifs is 5. The molecule has 0 atom stereocenters. The molecule has 8 aromatic carbocycles. The third kappa shape index (κ3) is 5.87. The molecule has 55 heavy (non-hydrogen) atoms. The van der Waals surface area contributed by atoms with Crippen LogP contribution < -0.4 is 4.90 Å². The Labute approximate surface area is 319 Å². The highest BCUT2D eigenvalue weighted by Crippen LogP contribution is 2.46. The highest BCUT2D eigenvalue weighted by atomic mass is 15.1. The summed E-state index contributed by atoms with van der Waals surface area (Å²) in [5, 5.41) is 5.46. The highest BCUT2D eigenvalue weighted by Gasteiger charge is 2.24. The van der Waals surface area contributed by atoms with Gasteiger partial charge in [0.05, 0.1) is 28.3 Å². The molecule has 4 nitrogen and oxygen atoms in total. The Hall–Kier alpha value is -7.43. The summed E-state index contributed by atoms with van der Waals surface area (Å²) in [5.74, 6) is 0.653. The van der Waals surface area contributed by atoms with Gasteiger partial charge in [-0.15, -0.1) is 0 Å². The summed E-state index contributed by atoms with van der Waals surface area (Å²) < 4.78 is 0. The van der Waals surface area contributed by atoms with Crippen LogP contribution in [0.1, 0.15) is 0 Å². The zero-order chi connectivity index (χ0) is 36.6. The molecule has 0 spiro atoms. The second kappa shape index (κ2) is 13.8. The maximum atomic E-state index is 5.70. The lowest BCUT2D eigenvalue weighted by Gasteiger charge is -2.27. The Morgan fingerprint density at radius 3 is 1.44 bits per heavy atom. The molecule has 2 aromatic heterocycles. The number of benzene rings is 8. The maximum Gasteiger partial charge on any atom is 0.161 e. The molecule has 4 heteroatoms. The molecule has 0 amide bonds. The van der Waals surface area contributed by atoms with Gasteiger partial charge in [0.1, 0.15) is 0 Å². The number of nitrogens with zero attached hydrogens (tertiary/aromatic N) is 4. The van der Waals surface area contributed by atoms with Crippen molar-refractivity contribution >= 4 is 49.5 Å². The molecule has 0 radical (unpaired) electrons. The first-order chi connectivity index (χ1) is 27.3. The summed E-state index contributed by atoms with van der Waals surface area (Å²) in [6, 6.07) is 71.9. The van der Waals surface area contributed by atoms with Crippen LogP contribution in [0.5, 0.6) is 0 Å². The van der Waals surface area contributed by atoms with E-state index < -0.39 is 0 Å². The lowest BCUT2D eigenvalue weighted by molar-refractivity contribution is 1.19. The van der Waals surface area contributed by atoms with Crippen molar-refractivity contribution in [1.82, 2.24) is 15.0 Å². The molecule has 0 unspecified atom stereocenters. The summed E-state index contributed by atoms with van der Waals surface area (Å²) in [6.45, 7) is 0. The normalized spacial score (nSPS) is 11.3. The van der Waals surface area contributed by atoms with Crippen molar-refractivity contribution in [2.45, 2.75) is 0 Å². The highest BCUT2D eigenvalue weighted by molar-refractivity contribution is 6.27. The van der Waals surface area contributed by atoms with E-state index in [9.17, 15) is 0 Å². The first-order valence-corrected chi connectivity index (χ1v) is 18.5. The standard InChI is InChI=1S/C51H34N4/c1-6-19-35(20-7-1)44-34-45(36-21-8-2-9-22-36)53-51(52-44)43-33-38-25-16-17-30-41(38)47-42-31-18-32-46(50(42)54-49(48(43)47)37-23-10-3-11-24-37)55(39-26-12-4-13-27-39)40-28-14-5-15-29-40/h1-34H. The third-order valence-electron chi connectivity index (χ3n) is 10.2. The molecule has 10 rings (SSSR count). The zero-order valence-corrected chi connectivity index (χ0v) is 29.9. The number of para-hydroxylation sites is 3. The van der Waals surface area contributed by atoms with Crippen LogP contribution in [-0.4, -0.2) is 15.0 Å². The van der Waals surface area contributed by atoms with Gasteiger partial charge < -0.3 is 4.90 Å². The van der Waals surface area contributed by atoms with Gasteiger partial charge in [-0.2, -0.15) is 0 Å². The molecule has 258 valence electrons. The van der Waals surface area contributed by atoms with Gasteiger partial charge in [0.15, 0.2) is 5.82 Å². The lowest BCUT2D eigenvalue weighted by atomic mass is 9.90. The minimum Gasteiger partial charge on any atom is -0.308 e. The minimum atomic E-state index is 0.653. The van der Waals surface area contributed by atoms with Crippen molar-refractivity contribution in [2.75, 3.05) is 4.90 Å². The Balaban J connectivity index is 1.36. The SMILES string of the molecule is c1ccc(-c2cc(-c3ccccc3)nc(-c3cc4ccccc4c4c3c(-c3ccccc3)nc3c(N(c5ccccc5)c5ccccc5)cccc34)n2)cc1. The van der Waals surface area contributed by atoms with Crippen LogP contribution in [-0.2, 0) is 0 Å². The van der Waals surface area contributed by atoms with Crippen molar-refractivity contribution in [3.63, 3.8) is 0 Å². The van der Waals surface area contributed by atoms with Crippen molar-refractivity contribution in [3.8, 4) is 45.2 Å². The van der Waals surface area contributed by atoms with E-state index in [-0.39, 0.29) is 0 Å². The average molecular weight is 703 g/mol. The van der Waals surface area contributed by atoms with Crippen molar-refractivity contribution in [1.29, 1.82) is 0 Å². The van der Waals surface area contributed by atoms with Gasteiger partial charge in [-0.1, -0.05) is 164 Å². The van der Waals surface area contributed by atoms with Gasteiger partial charge in [-0.25, -0.2) is 15.0 Å². The molecule has 0 bridgehead atoms. The van der Waals surface area contributed by atoms with E-state index in [1.165, 1.54) is 0 Å². The van der Waals surface area contributed by atoms with Crippen molar-refractivity contribution < 1.29 is 0 Å². The molecule has 0 saturated heterocycles. The number of anilines is 3. The van der Waals surface area contributed by atoms with Crippen LogP contribution >= 0.6 is 0 Å². The number of rotatable bonds is 7. The molecular weight excluding hydrogens is 669 g/mol. The van der Waals surface area contributed by atoms with E-state index in [4.69, 9.17) is 15.0 Å². The first-order valence-electron chi connectivity index (χ1n) is 18.5. The minimum absolute atomic E-state index is 0.653. The van der Waals surface area contributed by atoms with Gasteiger partial charge in [-0.3, -0.25) is 0 Å². The largest absolute Gasteiger partial charge is 0.308 e. The molecule has 10 aromatic rings. The molecule has 0 aliphatic carbocycles. The second-order valence-electron chi connectivity index (χ2n) is 13.6. The summed E-state index contributed by atoms with van der Waals surface area (Å²) >= 11 is 0. The monoisotopic (exact) mass is 702 g/mol. The average Bonchev–Trinajstić information content (AvgIpc) is 3.27. The van der Waals surface area contributed by atoms with Gasteiger partial charge in [0.2, 0.25) is 0 Å². The number of hydrogen-bond donors (Lipinski definition) is 0. The number of aromatic nitrogens is 3. The van der Waals surface area contributed by atoms with Crippen molar-refractivity contribution in [3.05, 3.63) is 206 Å². The third-order valence-corrected chi connectivity index (χ3v) is 10.2. The van der Waals surface area contributed by atoms with Gasteiger partial charge >= 0.3 is 0 Å². The number of hydrogen-bond acceptors (Lipinski definition) is 4. The molecular formula is C51H34N4.